The number of amides is 1. The molecule has 0 bridgehead atoms. The number of carboxylic acid groups (broad SMARTS) is 1. The van der Waals surface area contributed by atoms with Gasteiger partial charge in [0.2, 0.25) is 5.91 Å². The van der Waals surface area contributed by atoms with Crippen LogP contribution in [0.1, 0.15) is 20.8 Å². The second kappa shape index (κ2) is 5.72. The lowest BCUT2D eigenvalue weighted by Gasteiger charge is -2.34. The molecule has 0 fully saturated rings. The van der Waals surface area contributed by atoms with E-state index in [0.717, 1.165) is 21.7 Å². The summed E-state index contributed by atoms with van der Waals surface area (Å²) in [5, 5.41) is 11.4. The van der Waals surface area contributed by atoms with Crippen LogP contribution >= 0.6 is 0 Å². The maximum Gasteiger partial charge on any atom is 0.329 e. The summed E-state index contributed by atoms with van der Waals surface area (Å²) in [6.07, 6.45) is 0. The summed E-state index contributed by atoms with van der Waals surface area (Å²) in [6, 6.07) is 2.10. The van der Waals surface area contributed by atoms with E-state index >= 15 is 0 Å². The van der Waals surface area contributed by atoms with Crippen LogP contribution in [-0.4, -0.2) is 43.7 Å². The first-order valence-electron chi connectivity index (χ1n) is 6.04. The van der Waals surface area contributed by atoms with Crippen molar-refractivity contribution < 1.29 is 14.7 Å². The summed E-state index contributed by atoms with van der Waals surface area (Å²) in [6.45, 7) is 4.18. The van der Waals surface area contributed by atoms with Gasteiger partial charge in [-0.05, 0) is 20.8 Å². The van der Waals surface area contributed by atoms with Crippen LogP contribution in [0, 0.1) is 0 Å². The number of aromatic amines is 1. The van der Waals surface area contributed by atoms with Gasteiger partial charge in [-0.25, -0.2) is 9.48 Å². The van der Waals surface area contributed by atoms with Crippen molar-refractivity contribution in [1.82, 2.24) is 14.7 Å². The van der Waals surface area contributed by atoms with Gasteiger partial charge in [-0.1, -0.05) is 0 Å². The maximum absolute atomic E-state index is 12.1. The van der Waals surface area contributed by atoms with Gasteiger partial charge >= 0.3 is 5.97 Å². The Balaban J connectivity index is 3.05. The third kappa shape index (κ3) is 3.14. The van der Waals surface area contributed by atoms with Crippen molar-refractivity contribution in [1.29, 1.82) is 0 Å². The van der Waals surface area contributed by atoms with E-state index in [0.29, 0.717) is 0 Å². The Morgan fingerprint density at radius 1 is 1.35 bits per heavy atom. The number of carbonyl (C=O) groups is 2. The average molecular weight is 283 g/mol. The zero-order valence-electron chi connectivity index (χ0n) is 11.5. The summed E-state index contributed by atoms with van der Waals surface area (Å²) in [5.74, 6) is -1.72. The number of rotatable bonds is 5. The van der Waals surface area contributed by atoms with Gasteiger partial charge in [-0.3, -0.25) is 19.5 Å². The monoisotopic (exact) mass is 283 g/mol. The van der Waals surface area contributed by atoms with E-state index in [9.17, 15) is 19.2 Å². The minimum Gasteiger partial charge on any atom is -0.480 e. The molecule has 8 nitrogen and oxygen atoms in total. The SMILES string of the molecule is CCN(C(=O)Cn1[nH]c(=O)ccc1=O)C(C)(C)C(=O)O. The number of aliphatic carboxylic acids is 1. The minimum absolute atomic E-state index is 0.171. The molecular weight excluding hydrogens is 266 g/mol. The van der Waals surface area contributed by atoms with Gasteiger partial charge in [-0.15, -0.1) is 0 Å². The molecule has 20 heavy (non-hydrogen) atoms. The van der Waals surface area contributed by atoms with Crippen molar-refractivity contribution in [3.63, 3.8) is 0 Å². The zero-order chi connectivity index (χ0) is 15.5. The van der Waals surface area contributed by atoms with Crippen LogP contribution < -0.4 is 11.1 Å². The van der Waals surface area contributed by atoms with E-state index in [1.54, 1.807) is 6.92 Å². The van der Waals surface area contributed by atoms with Crippen LogP contribution in [-0.2, 0) is 16.1 Å². The predicted octanol–water partition coefficient (Wildman–Crippen LogP) is -0.752. The lowest BCUT2D eigenvalue weighted by Crippen LogP contribution is -2.54. The Morgan fingerprint density at radius 3 is 2.45 bits per heavy atom. The zero-order valence-corrected chi connectivity index (χ0v) is 11.5. The third-order valence-corrected chi connectivity index (χ3v) is 3.00. The molecule has 2 N–H and O–H groups in total. The molecular formula is C12H17N3O5. The molecule has 8 heteroatoms. The van der Waals surface area contributed by atoms with Crippen molar-refractivity contribution in [3.8, 4) is 0 Å². The number of carboxylic acids is 1. The van der Waals surface area contributed by atoms with E-state index < -0.39 is 35.1 Å². The van der Waals surface area contributed by atoms with Gasteiger partial charge in [0.15, 0.2) is 0 Å². The first-order chi connectivity index (χ1) is 9.20. The van der Waals surface area contributed by atoms with Gasteiger partial charge in [0.05, 0.1) is 0 Å². The first-order valence-corrected chi connectivity index (χ1v) is 6.04. The summed E-state index contributed by atoms with van der Waals surface area (Å²) >= 11 is 0. The highest BCUT2D eigenvalue weighted by Gasteiger charge is 2.36. The van der Waals surface area contributed by atoms with Gasteiger partial charge in [-0.2, -0.15) is 0 Å². The molecule has 0 spiro atoms. The second-order valence-electron chi connectivity index (χ2n) is 4.74. The molecule has 0 aliphatic carbocycles. The predicted molar refractivity (Wildman–Crippen MR) is 70.4 cm³/mol. The molecule has 0 atom stereocenters. The van der Waals surface area contributed by atoms with E-state index in [4.69, 9.17) is 5.11 Å². The molecule has 0 unspecified atom stereocenters. The van der Waals surface area contributed by atoms with Crippen LogP contribution in [0.3, 0.4) is 0 Å². The third-order valence-electron chi connectivity index (χ3n) is 3.00. The van der Waals surface area contributed by atoms with Crippen molar-refractivity contribution >= 4 is 11.9 Å². The molecule has 1 rings (SSSR count). The number of hydrogen-bond acceptors (Lipinski definition) is 4. The van der Waals surface area contributed by atoms with Gasteiger partial charge in [0.1, 0.15) is 12.1 Å². The Bertz CT molecular complexity index is 628. The Morgan fingerprint density at radius 2 is 1.95 bits per heavy atom. The fourth-order valence-corrected chi connectivity index (χ4v) is 1.80. The van der Waals surface area contributed by atoms with E-state index in [1.165, 1.54) is 13.8 Å². The summed E-state index contributed by atoms with van der Waals surface area (Å²) in [4.78, 5) is 47.1. The highest BCUT2D eigenvalue weighted by molar-refractivity contribution is 5.86. The summed E-state index contributed by atoms with van der Waals surface area (Å²) in [7, 11) is 0. The quantitative estimate of drug-likeness (QED) is 0.738. The Kier molecular flexibility index (Phi) is 4.49. The van der Waals surface area contributed by atoms with Crippen molar-refractivity contribution in [3.05, 3.63) is 32.8 Å². The number of hydrogen-bond donors (Lipinski definition) is 2. The normalized spacial score (nSPS) is 11.2. The van der Waals surface area contributed by atoms with Crippen molar-refractivity contribution in [2.45, 2.75) is 32.9 Å². The lowest BCUT2D eigenvalue weighted by molar-refractivity contribution is -0.157. The van der Waals surface area contributed by atoms with E-state index in [-0.39, 0.29) is 6.54 Å². The molecule has 0 radical (unpaired) electrons. The molecule has 1 aromatic rings. The fraction of sp³-hybridized carbons (Fsp3) is 0.500. The number of nitrogens with one attached hydrogen (secondary N) is 1. The Hall–Kier alpha value is -2.38. The largest absolute Gasteiger partial charge is 0.480 e. The van der Waals surface area contributed by atoms with Crippen molar-refractivity contribution in [2.75, 3.05) is 6.54 Å². The molecule has 110 valence electrons. The molecule has 0 saturated heterocycles. The standard InChI is InChI=1S/C12H17N3O5/c1-4-14(12(2,3)11(19)20)10(18)7-15-9(17)6-5-8(16)13-15/h5-6H,4,7H2,1-3H3,(H,13,16)(H,19,20). The van der Waals surface area contributed by atoms with Crippen LogP contribution in [0.15, 0.2) is 21.7 Å². The summed E-state index contributed by atoms with van der Waals surface area (Å²) in [5.41, 5.74) is -2.45. The number of nitrogens with zero attached hydrogens (tertiary/aromatic N) is 2. The van der Waals surface area contributed by atoms with Crippen LogP contribution in [0.25, 0.3) is 0 Å². The summed E-state index contributed by atoms with van der Waals surface area (Å²) < 4.78 is 0.852. The van der Waals surface area contributed by atoms with E-state index in [1.807, 2.05) is 0 Å². The second-order valence-corrected chi connectivity index (χ2v) is 4.74. The minimum atomic E-state index is -1.40. The average Bonchev–Trinajstić information content (AvgIpc) is 2.34. The molecule has 0 aromatic carbocycles. The topological polar surface area (TPSA) is 112 Å². The van der Waals surface area contributed by atoms with Crippen LogP contribution in [0.4, 0.5) is 0 Å². The number of H-pyrrole nitrogens is 1. The molecule has 0 aliphatic heterocycles. The molecule has 0 saturated carbocycles. The fourth-order valence-electron chi connectivity index (χ4n) is 1.80. The van der Waals surface area contributed by atoms with Gasteiger partial charge in [0, 0.05) is 18.7 Å². The van der Waals surface area contributed by atoms with Crippen LogP contribution in [0.2, 0.25) is 0 Å². The number of carbonyl (C=O) groups excluding carboxylic acids is 1. The first kappa shape index (κ1) is 15.7. The molecule has 0 aliphatic rings. The molecule has 1 amide bonds. The highest BCUT2D eigenvalue weighted by Crippen LogP contribution is 2.14. The lowest BCUT2D eigenvalue weighted by atomic mass is 10.0. The Labute approximate surface area is 114 Å². The highest BCUT2D eigenvalue weighted by atomic mass is 16.4. The van der Waals surface area contributed by atoms with Crippen molar-refractivity contribution in [2.24, 2.45) is 0 Å². The van der Waals surface area contributed by atoms with Crippen LogP contribution in [0.5, 0.6) is 0 Å². The molecule has 1 aromatic heterocycles. The maximum atomic E-state index is 12.1. The van der Waals surface area contributed by atoms with E-state index in [2.05, 4.69) is 5.10 Å². The molecule has 1 heterocycles. The number of aromatic nitrogens is 2. The van der Waals surface area contributed by atoms with Gasteiger partial charge < -0.3 is 10.0 Å². The smallest absolute Gasteiger partial charge is 0.329 e. The van der Waals surface area contributed by atoms with Gasteiger partial charge in [0.25, 0.3) is 11.1 Å². The number of likely N-dealkylation sites (N-methyl/N-ethyl adjacent to an activating group) is 1.